The van der Waals surface area contributed by atoms with E-state index < -0.39 is 6.10 Å². The molecule has 4 atom stereocenters. The van der Waals surface area contributed by atoms with Gasteiger partial charge < -0.3 is 20.9 Å². The first-order valence-corrected chi connectivity index (χ1v) is 10.1. The molecule has 0 fully saturated rings. The van der Waals surface area contributed by atoms with Gasteiger partial charge in [-0.05, 0) is 41.7 Å². The van der Waals surface area contributed by atoms with Crippen LogP contribution in [-0.2, 0) is 11.2 Å². The lowest BCUT2D eigenvalue weighted by atomic mass is 10.0. The van der Waals surface area contributed by atoms with E-state index in [9.17, 15) is 5.11 Å². The summed E-state index contributed by atoms with van der Waals surface area (Å²) in [5.74, 6) is 0. The summed E-state index contributed by atoms with van der Waals surface area (Å²) >= 11 is 3.55. The van der Waals surface area contributed by atoms with Gasteiger partial charge in [0.1, 0.15) is 0 Å². The molecule has 0 aromatic heterocycles. The second-order valence-electron chi connectivity index (χ2n) is 7.00. The van der Waals surface area contributed by atoms with Crippen LogP contribution >= 0.6 is 15.9 Å². The highest BCUT2D eigenvalue weighted by Crippen LogP contribution is 2.42. The summed E-state index contributed by atoms with van der Waals surface area (Å²) in [6.45, 7) is 4.70. The average Bonchev–Trinajstić information content (AvgIpc) is 3.02. The monoisotopic (exact) mass is 430 g/mol. The highest BCUT2D eigenvalue weighted by molar-refractivity contribution is 9.10. The van der Waals surface area contributed by atoms with E-state index >= 15 is 0 Å². The smallest absolute Gasteiger partial charge is 0.0850 e. The van der Waals surface area contributed by atoms with Crippen LogP contribution in [0.25, 0.3) is 0 Å². The molecule has 0 amide bonds. The fourth-order valence-corrected chi connectivity index (χ4v) is 3.96. The average molecular weight is 431 g/mol. The molecule has 2 aromatic rings. The van der Waals surface area contributed by atoms with Gasteiger partial charge in [0.05, 0.1) is 18.8 Å². The normalized spacial score (nSPS) is 20.9. The summed E-state index contributed by atoms with van der Waals surface area (Å²) in [6, 6.07) is 16.1. The van der Waals surface area contributed by atoms with E-state index in [2.05, 4.69) is 40.0 Å². The molecule has 0 saturated heterocycles. The van der Waals surface area contributed by atoms with Crippen molar-refractivity contribution in [2.24, 2.45) is 5.73 Å². The predicted octanol–water partition coefficient (Wildman–Crippen LogP) is 3.66. The zero-order valence-electron chi connectivity index (χ0n) is 15.4. The third kappa shape index (κ3) is 5.27. The van der Waals surface area contributed by atoms with Gasteiger partial charge in [-0.2, -0.15) is 0 Å². The molecule has 4 nitrogen and oxygen atoms in total. The minimum atomic E-state index is -0.617. The van der Waals surface area contributed by atoms with Crippen LogP contribution in [0.4, 0.5) is 0 Å². The van der Waals surface area contributed by atoms with Crippen LogP contribution in [0.1, 0.15) is 35.3 Å². The van der Waals surface area contributed by atoms with Crippen molar-refractivity contribution in [3.05, 3.63) is 82.3 Å². The van der Waals surface area contributed by atoms with Crippen LogP contribution in [0.5, 0.6) is 0 Å². The van der Waals surface area contributed by atoms with E-state index in [4.69, 9.17) is 10.5 Å². The van der Waals surface area contributed by atoms with Crippen molar-refractivity contribution >= 4 is 15.9 Å². The van der Waals surface area contributed by atoms with Gasteiger partial charge in [0, 0.05) is 23.1 Å². The first-order valence-electron chi connectivity index (χ1n) is 9.31. The summed E-state index contributed by atoms with van der Waals surface area (Å²) in [5.41, 5.74) is 9.75. The molecule has 0 radical (unpaired) electrons. The van der Waals surface area contributed by atoms with Crippen LogP contribution in [0.3, 0.4) is 0 Å². The molecule has 0 bridgehead atoms. The lowest BCUT2D eigenvalue weighted by Crippen LogP contribution is -2.43. The first kappa shape index (κ1) is 20.2. The van der Waals surface area contributed by atoms with Crippen molar-refractivity contribution in [1.29, 1.82) is 0 Å². The van der Waals surface area contributed by atoms with Crippen molar-refractivity contribution in [2.45, 2.75) is 37.1 Å². The van der Waals surface area contributed by atoms with E-state index in [0.29, 0.717) is 19.6 Å². The SMILES string of the molecule is C=CCO[C@@H]1C[C@H](NC[C@@H](O)[C@@H](N)Cc2ccccc2)c2cc(Br)ccc21. The maximum Gasteiger partial charge on any atom is 0.0850 e. The van der Waals surface area contributed by atoms with E-state index in [1.54, 1.807) is 6.08 Å². The third-order valence-electron chi connectivity index (χ3n) is 5.02. The van der Waals surface area contributed by atoms with Gasteiger partial charge in [-0.15, -0.1) is 6.58 Å². The number of fused-ring (bicyclic) bond motifs is 1. The Morgan fingerprint density at radius 2 is 2.04 bits per heavy atom. The number of hydrogen-bond acceptors (Lipinski definition) is 4. The van der Waals surface area contributed by atoms with Crippen LogP contribution in [0.15, 0.2) is 65.7 Å². The predicted molar refractivity (Wildman–Crippen MR) is 113 cm³/mol. The van der Waals surface area contributed by atoms with Crippen molar-refractivity contribution in [3.8, 4) is 0 Å². The molecule has 2 aromatic carbocycles. The number of halogens is 1. The molecule has 144 valence electrons. The van der Waals surface area contributed by atoms with Gasteiger partial charge in [-0.3, -0.25) is 0 Å². The number of aliphatic hydroxyl groups excluding tert-OH is 1. The molecule has 4 N–H and O–H groups in total. The Kier molecular flexibility index (Phi) is 7.21. The summed E-state index contributed by atoms with van der Waals surface area (Å²) in [7, 11) is 0. The maximum atomic E-state index is 10.5. The summed E-state index contributed by atoms with van der Waals surface area (Å²) in [6.07, 6.45) is 2.68. The second-order valence-corrected chi connectivity index (χ2v) is 7.92. The van der Waals surface area contributed by atoms with Crippen molar-refractivity contribution < 1.29 is 9.84 Å². The molecule has 1 aliphatic carbocycles. The highest BCUT2D eigenvalue weighted by Gasteiger charge is 2.32. The molecule has 3 rings (SSSR count). The van der Waals surface area contributed by atoms with Gasteiger partial charge in [-0.1, -0.05) is 58.4 Å². The Morgan fingerprint density at radius 1 is 1.26 bits per heavy atom. The second kappa shape index (κ2) is 9.62. The molecular formula is C22H27BrN2O2. The minimum Gasteiger partial charge on any atom is -0.390 e. The number of ether oxygens (including phenoxy) is 1. The topological polar surface area (TPSA) is 67.5 Å². The molecule has 27 heavy (non-hydrogen) atoms. The van der Waals surface area contributed by atoms with Crippen LogP contribution < -0.4 is 11.1 Å². The number of benzene rings is 2. The minimum absolute atomic E-state index is 0.0405. The first-order chi connectivity index (χ1) is 13.1. The standard InChI is InChI=1S/C22H27BrN2O2/c1-2-10-27-22-13-20(18-12-16(23)8-9-17(18)22)25-14-21(26)19(24)11-15-6-4-3-5-7-15/h2-9,12,19-22,25-26H,1,10-11,13-14,24H2/t19-,20-,21+,22+/m0/s1. The molecule has 5 heteroatoms. The van der Waals surface area contributed by atoms with E-state index in [1.165, 1.54) is 11.1 Å². The summed E-state index contributed by atoms with van der Waals surface area (Å²) < 4.78 is 6.96. The van der Waals surface area contributed by atoms with E-state index in [-0.39, 0.29) is 18.2 Å². The van der Waals surface area contributed by atoms with Crippen molar-refractivity contribution in [1.82, 2.24) is 5.32 Å². The van der Waals surface area contributed by atoms with Crippen molar-refractivity contribution in [3.63, 3.8) is 0 Å². The maximum absolute atomic E-state index is 10.5. The van der Waals surface area contributed by atoms with Gasteiger partial charge in [-0.25, -0.2) is 0 Å². The van der Waals surface area contributed by atoms with E-state index in [1.807, 2.05) is 36.4 Å². The Hall–Kier alpha value is -1.50. The Labute approximate surface area is 169 Å². The zero-order valence-corrected chi connectivity index (χ0v) is 16.9. The highest BCUT2D eigenvalue weighted by atomic mass is 79.9. The van der Waals surface area contributed by atoms with Gasteiger partial charge in [0.2, 0.25) is 0 Å². The number of nitrogens with two attached hydrogens (primary N) is 1. The largest absolute Gasteiger partial charge is 0.390 e. The van der Waals surface area contributed by atoms with Crippen LogP contribution in [0.2, 0.25) is 0 Å². The van der Waals surface area contributed by atoms with Gasteiger partial charge in [0.15, 0.2) is 0 Å². The Morgan fingerprint density at radius 3 is 2.78 bits per heavy atom. The van der Waals surface area contributed by atoms with Gasteiger partial charge in [0.25, 0.3) is 0 Å². The molecule has 0 spiro atoms. The van der Waals surface area contributed by atoms with E-state index in [0.717, 1.165) is 16.5 Å². The van der Waals surface area contributed by atoms with Crippen LogP contribution in [-0.4, -0.2) is 30.4 Å². The lowest BCUT2D eigenvalue weighted by Gasteiger charge is -2.22. The fraction of sp³-hybridized carbons (Fsp3) is 0.364. The number of hydrogen-bond donors (Lipinski definition) is 3. The lowest BCUT2D eigenvalue weighted by molar-refractivity contribution is 0.0678. The quantitative estimate of drug-likeness (QED) is 0.531. The van der Waals surface area contributed by atoms with Crippen molar-refractivity contribution in [2.75, 3.05) is 13.2 Å². The number of nitrogens with one attached hydrogen (secondary N) is 1. The van der Waals surface area contributed by atoms with Gasteiger partial charge >= 0.3 is 0 Å². The zero-order chi connectivity index (χ0) is 19.2. The molecule has 0 unspecified atom stereocenters. The van der Waals surface area contributed by atoms with Crippen LogP contribution in [0, 0.1) is 0 Å². The molecular weight excluding hydrogens is 404 g/mol. The molecule has 1 aliphatic rings. The molecule has 0 aliphatic heterocycles. The Balaban J connectivity index is 1.60. The molecule has 0 heterocycles. The fourth-order valence-electron chi connectivity index (χ4n) is 3.58. The molecule has 0 saturated carbocycles. The summed E-state index contributed by atoms with van der Waals surface area (Å²) in [4.78, 5) is 0. The third-order valence-corrected chi connectivity index (χ3v) is 5.51. The summed E-state index contributed by atoms with van der Waals surface area (Å²) in [5, 5.41) is 14.0. The number of rotatable bonds is 9. The number of aliphatic hydroxyl groups is 1. The Bertz CT molecular complexity index is 753.